The van der Waals surface area contributed by atoms with Gasteiger partial charge in [0.25, 0.3) is 0 Å². The lowest BCUT2D eigenvalue weighted by molar-refractivity contribution is 0.0690. The second-order valence-corrected chi connectivity index (χ2v) is 5.53. The molecule has 2 N–H and O–H groups in total. The minimum absolute atomic E-state index is 0.0218. The molecule has 0 spiro atoms. The molecule has 0 bridgehead atoms. The molecule has 7 heteroatoms. The van der Waals surface area contributed by atoms with Crippen molar-refractivity contribution < 1.29 is 18.3 Å². The van der Waals surface area contributed by atoms with E-state index in [0.717, 1.165) is 6.26 Å². The maximum atomic E-state index is 10.8. The van der Waals surface area contributed by atoms with Crippen LogP contribution < -0.4 is 5.32 Å². The lowest BCUT2D eigenvalue weighted by Crippen LogP contribution is -2.15. The van der Waals surface area contributed by atoms with E-state index in [1.165, 1.54) is 6.07 Å². The molecule has 0 aromatic carbocycles. The van der Waals surface area contributed by atoms with E-state index in [2.05, 4.69) is 10.3 Å². The summed E-state index contributed by atoms with van der Waals surface area (Å²) in [6.45, 7) is 0.203. The number of nitrogens with zero attached hydrogens (tertiary/aromatic N) is 1. The van der Waals surface area contributed by atoms with Crippen molar-refractivity contribution in [3.63, 3.8) is 0 Å². The number of anilines is 1. The lowest BCUT2D eigenvalue weighted by atomic mass is 10.3. The normalized spacial score (nSPS) is 11.1. The van der Waals surface area contributed by atoms with Crippen LogP contribution in [0, 0.1) is 0 Å². The van der Waals surface area contributed by atoms with Gasteiger partial charge >= 0.3 is 5.97 Å². The zero-order chi connectivity index (χ0) is 12.2. The summed E-state index contributed by atoms with van der Waals surface area (Å²) in [7, 11) is -3.03. The van der Waals surface area contributed by atoms with Crippen LogP contribution in [0.2, 0.25) is 0 Å². The summed E-state index contributed by atoms with van der Waals surface area (Å²) >= 11 is 0. The number of nitrogens with one attached hydrogen (secondary N) is 1. The number of carboxylic acids is 1. The maximum absolute atomic E-state index is 10.8. The summed E-state index contributed by atoms with van der Waals surface area (Å²) in [4.78, 5) is 14.4. The predicted molar refractivity (Wildman–Crippen MR) is 59.4 cm³/mol. The molecule has 0 aliphatic carbocycles. The molecule has 0 saturated heterocycles. The molecule has 0 aliphatic heterocycles. The molecule has 0 unspecified atom stereocenters. The molecule has 1 aromatic heterocycles. The molecule has 0 aliphatic rings. The van der Waals surface area contributed by atoms with Crippen LogP contribution in [0.4, 0.5) is 5.82 Å². The van der Waals surface area contributed by atoms with Gasteiger partial charge in [0, 0.05) is 12.8 Å². The highest BCUT2D eigenvalue weighted by Crippen LogP contribution is 2.04. The molecule has 88 valence electrons. The van der Waals surface area contributed by atoms with E-state index < -0.39 is 15.8 Å². The Morgan fingerprint density at radius 1 is 1.50 bits per heavy atom. The summed E-state index contributed by atoms with van der Waals surface area (Å²) in [6, 6.07) is 4.48. The van der Waals surface area contributed by atoms with Gasteiger partial charge in [-0.05, 0) is 12.1 Å². The van der Waals surface area contributed by atoms with Crippen LogP contribution >= 0.6 is 0 Å². The van der Waals surface area contributed by atoms with E-state index in [9.17, 15) is 13.2 Å². The van der Waals surface area contributed by atoms with Crippen molar-refractivity contribution in [1.82, 2.24) is 4.98 Å². The Bertz CT molecular complexity index is 484. The van der Waals surface area contributed by atoms with Crippen LogP contribution in [0.15, 0.2) is 18.2 Å². The van der Waals surface area contributed by atoms with Gasteiger partial charge in [-0.3, -0.25) is 0 Å². The molecular weight excluding hydrogens is 232 g/mol. The van der Waals surface area contributed by atoms with Gasteiger partial charge in [0.15, 0.2) is 5.69 Å². The van der Waals surface area contributed by atoms with Gasteiger partial charge < -0.3 is 10.4 Å². The fourth-order valence-corrected chi connectivity index (χ4v) is 1.49. The number of carboxylic acid groups (broad SMARTS) is 1. The summed E-state index contributed by atoms with van der Waals surface area (Å²) < 4.78 is 21.7. The van der Waals surface area contributed by atoms with E-state index in [0.29, 0.717) is 5.82 Å². The average molecular weight is 244 g/mol. The highest BCUT2D eigenvalue weighted by atomic mass is 32.2. The monoisotopic (exact) mass is 244 g/mol. The van der Waals surface area contributed by atoms with Gasteiger partial charge in [0.1, 0.15) is 15.7 Å². The fourth-order valence-electron chi connectivity index (χ4n) is 1.02. The number of rotatable bonds is 5. The van der Waals surface area contributed by atoms with E-state index in [4.69, 9.17) is 5.11 Å². The summed E-state index contributed by atoms with van der Waals surface area (Å²) in [6.07, 6.45) is 1.13. The lowest BCUT2D eigenvalue weighted by Gasteiger charge is -2.04. The van der Waals surface area contributed by atoms with E-state index in [1.54, 1.807) is 12.1 Å². The molecular formula is C9H12N2O4S. The largest absolute Gasteiger partial charge is 0.477 e. The molecule has 0 fully saturated rings. The number of pyridine rings is 1. The zero-order valence-electron chi connectivity index (χ0n) is 8.67. The van der Waals surface area contributed by atoms with Crippen molar-refractivity contribution in [2.45, 2.75) is 0 Å². The first-order valence-corrected chi connectivity index (χ1v) is 6.56. The van der Waals surface area contributed by atoms with E-state index in [-0.39, 0.29) is 18.0 Å². The molecule has 0 amide bonds. The van der Waals surface area contributed by atoms with Crippen LogP contribution in [-0.2, 0) is 9.84 Å². The molecule has 16 heavy (non-hydrogen) atoms. The Labute approximate surface area is 93.2 Å². The van der Waals surface area contributed by atoms with Crippen molar-refractivity contribution in [3.8, 4) is 0 Å². The quantitative estimate of drug-likeness (QED) is 0.770. The summed E-state index contributed by atoms with van der Waals surface area (Å²) in [5.74, 6) is -0.790. The molecule has 6 nitrogen and oxygen atoms in total. The molecule has 1 aromatic rings. The number of carbonyl (C=O) groups is 1. The van der Waals surface area contributed by atoms with Gasteiger partial charge in [-0.15, -0.1) is 0 Å². The molecule has 0 saturated carbocycles. The standard InChI is InChI=1S/C9H12N2O4S/c1-16(14,15)6-5-10-8-4-2-3-7(11-8)9(12)13/h2-4H,5-6H2,1H3,(H,10,11)(H,12,13). The zero-order valence-corrected chi connectivity index (χ0v) is 9.49. The van der Waals surface area contributed by atoms with Gasteiger partial charge in [-0.1, -0.05) is 6.07 Å². The van der Waals surface area contributed by atoms with Crippen LogP contribution in [0.25, 0.3) is 0 Å². The minimum Gasteiger partial charge on any atom is -0.477 e. The summed E-state index contributed by atoms with van der Waals surface area (Å²) in [5.41, 5.74) is -0.0793. The predicted octanol–water partition coefficient (Wildman–Crippen LogP) is 0.236. The fraction of sp³-hybridized carbons (Fsp3) is 0.333. The van der Waals surface area contributed by atoms with Crippen LogP contribution in [0.1, 0.15) is 10.5 Å². The summed E-state index contributed by atoms with van der Waals surface area (Å²) in [5, 5.41) is 11.4. The maximum Gasteiger partial charge on any atom is 0.354 e. The molecule has 0 radical (unpaired) electrons. The Morgan fingerprint density at radius 2 is 2.19 bits per heavy atom. The second kappa shape index (κ2) is 4.93. The van der Waals surface area contributed by atoms with Gasteiger partial charge in [0.2, 0.25) is 0 Å². The molecule has 0 atom stereocenters. The minimum atomic E-state index is -3.03. The third kappa shape index (κ3) is 4.26. The van der Waals surface area contributed by atoms with Crippen molar-refractivity contribution >= 4 is 21.6 Å². The van der Waals surface area contributed by atoms with E-state index >= 15 is 0 Å². The first kappa shape index (κ1) is 12.4. The number of aromatic nitrogens is 1. The van der Waals surface area contributed by atoms with Gasteiger partial charge in [0.05, 0.1) is 5.75 Å². The average Bonchev–Trinajstić information content (AvgIpc) is 2.16. The Balaban J connectivity index is 2.61. The Morgan fingerprint density at radius 3 is 2.75 bits per heavy atom. The smallest absolute Gasteiger partial charge is 0.354 e. The molecule has 1 rings (SSSR count). The van der Waals surface area contributed by atoms with Crippen molar-refractivity contribution in [2.75, 3.05) is 23.9 Å². The highest BCUT2D eigenvalue weighted by molar-refractivity contribution is 7.90. The Kier molecular flexibility index (Phi) is 3.83. The first-order chi connectivity index (χ1) is 7.38. The third-order valence-corrected chi connectivity index (χ3v) is 2.69. The number of hydrogen-bond donors (Lipinski definition) is 2. The van der Waals surface area contributed by atoms with Crippen molar-refractivity contribution in [3.05, 3.63) is 23.9 Å². The second-order valence-electron chi connectivity index (χ2n) is 3.27. The van der Waals surface area contributed by atoms with Crippen LogP contribution in [0.5, 0.6) is 0 Å². The van der Waals surface area contributed by atoms with Crippen LogP contribution in [0.3, 0.4) is 0 Å². The van der Waals surface area contributed by atoms with E-state index in [1.807, 2.05) is 0 Å². The first-order valence-electron chi connectivity index (χ1n) is 4.50. The SMILES string of the molecule is CS(=O)(=O)CCNc1cccc(C(=O)O)n1. The van der Waals surface area contributed by atoms with Crippen molar-refractivity contribution in [1.29, 1.82) is 0 Å². The number of sulfone groups is 1. The van der Waals surface area contributed by atoms with Crippen LogP contribution in [-0.4, -0.2) is 43.0 Å². The number of hydrogen-bond acceptors (Lipinski definition) is 5. The van der Waals surface area contributed by atoms with Gasteiger partial charge in [-0.2, -0.15) is 0 Å². The highest BCUT2D eigenvalue weighted by Gasteiger charge is 2.05. The molecule has 1 heterocycles. The third-order valence-electron chi connectivity index (χ3n) is 1.75. The Hall–Kier alpha value is -1.63. The van der Waals surface area contributed by atoms with Gasteiger partial charge in [-0.25, -0.2) is 18.2 Å². The van der Waals surface area contributed by atoms with Crippen molar-refractivity contribution in [2.24, 2.45) is 0 Å². The topological polar surface area (TPSA) is 96.4 Å². The number of aromatic carboxylic acids is 1.